The van der Waals surface area contributed by atoms with E-state index in [4.69, 9.17) is 5.26 Å². The number of rotatable bonds is 3. The lowest BCUT2D eigenvalue weighted by atomic mass is 10.2. The summed E-state index contributed by atoms with van der Waals surface area (Å²) in [5, 5.41) is 8.60. The van der Waals surface area contributed by atoms with Gasteiger partial charge in [-0.25, -0.2) is 4.39 Å². The Labute approximate surface area is 101 Å². The van der Waals surface area contributed by atoms with Crippen molar-refractivity contribution >= 4 is 0 Å². The summed E-state index contributed by atoms with van der Waals surface area (Å²) in [6.45, 7) is 4.73. The highest BCUT2D eigenvalue weighted by molar-refractivity contribution is 5.17. The lowest BCUT2D eigenvalue weighted by Gasteiger charge is -2.33. The molecule has 1 heterocycles. The molecule has 4 heteroatoms. The van der Waals surface area contributed by atoms with Crippen molar-refractivity contribution in [2.75, 3.05) is 32.7 Å². The second-order valence-corrected chi connectivity index (χ2v) is 4.30. The summed E-state index contributed by atoms with van der Waals surface area (Å²) in [7, 11) is 0. The molecule has 17 heavy (non-hydrogen) atoms. The van der Waals surface area contributed by atoms with Crippen LogP contribution in [-0.2, 0) is 6.54 Å². The fraction of sp³-hybridized carbons (Fsp3) is 0.462. The molecule has 0 saturated carbocycles. The van der Waals surface area contributed by atoms with Crippen molar-refractivity contribution in [2.45, 2.75) is 6.54 Å². The van der Waals surface area contributed by atoms with Crippen LogP contribution >= 0.6 is 0 Å². The van der Waals surface area contributed by atoms with Gasteiger partial charge in [-0.1, -0.05) is 18.2 Å². The second-order valence-electron chi connectivity index (χ2n) is 4.30. The number of hydrogen-bond acceptors (Lipinski definition) is 3. The van der Waals surface area contributed by atoms with Crippen LogP contribution in [0.4, 0.5) is 4.39 Å². The van der Waals surface area contributed by atoms with E-state index >= 15 is 0 Å². The molecule has 3 nitrogen and oxygen atoms in total. The third-order valence-electron chi connectivity index (χ3n) is 3.11. The molecule has 1 fully saturated rings. The molecule has 1 aliphatic rings. The second kappa shape index (κ2) is 5.76. The van der Waals surface area contributed by atoms with Gasteiger partial charge in [0.1, 0.15) is 5.82 Å². The Morgan fingerprint density at radius 2 is 1.76 bits per heavy atom. The number of halogens is 1. The molecule has 0 radical (unpaired) electrons. The van der Waals surface area contributed by atoms with Crippen LogP contribution < -0.4 is 0 Å². The van der Waals surface area contributed by atoms with Crippen LogP contribution in [0.15, 0.2) is 24.3 Å². The van der Waals surface area contributed by atoms with Gasteiger partial charge >= 0.3 is 0 Å². The zero-order valence-electron chi connectivity index (χ0n) is 9.77. The number of hydrogen-bond donors (Lipinski definition) is 0. The molecule has 2 rings (SSSR count). The third kappa shape index (κ3) is 3.26. The summed E-state index contributed by atoms with van der Waals surface area (Å²) in [6, 6.07) is 9.07. The molecule has 0 atom stereocenters. The third-order valence-corrected chi connectivity index (χ3v) is 3.11. The molecule has 0 spiro atoms. The van der Waals surface area contributed by atoms with E-state index in [9.17, 15) is 4.39 Å². The first kappa shape index (κ1) is 12.0. The quantitative estimate of drug-likeness (QED) is 0.741. The van der Waals surface area contributed by atoms with Crippen molar-refractivity contribution in [2.24, 2.45) is 0 Å². The standard InChI is InChI=1S/C13H16FN3/c14-13-4-2-1-3-12(13)11-17-9-7-16(6-5-15)8-10-17/h1-4H,6-11H2. The Balaban J connectivity index is 1.86. The topological polar surface area (TPSA) is 30.3 Å². The van der Waals surface area contributed by atoms with Gasteiger partial charge in [0.25, 0.3) is 0 Å². The first-order valence-electron chi connectivity index (χ1n) is 5.84. The molecule has 0 aliphatic carbocycles. The molecule has 0 N–H and O–H groups in total. The highest BCUT2D eigenvalue weighted by Gasteiger charge is 2.17. The van der Waals surface area contributed by atoms with Crippen LogP contribution in [0.5, 0.6) is 0 Å². The van der Waals surface area contributed by atoms with Crippen molar-refractivity contribution < 1.29 is 4.39 Å². The predicted molar refractivity (Wildman–Crippen MR) is 63.7 cm³/mol. The number of nitriles is 1. The maximum Gasteiger partial charge on any atom is 0.127 e. The van der Waals surface area contributed by atoms with Crippen molar-refractivity contribution in [3.05, 3.63) is 35.6 Å². The summed E-state index contributed by atoms with van der Waals surface area (Å²) in [5.74, 6) is -0.132. The fourth-order valence-electron chi connectivity index (χ4n) is 2.07. The Hall–Kier alpha value is -1.44. The normalized spacial score (nSPS) is 17.9. The largest absolute Gasteiger partial charge is 0.296 e. The minimum absolute atomic E-state index is 0.132. The van der Waals surface area contributed by atoms with Crippen LogP contribution in [0.3, 0.4) is 0 Å². The Bertz CT molecular complexity index is 405. The van der Waals surface area contributed by atoms with Crippen LogP contribution in [0.25, 0.3) is 0 Å². The van der Waals surface area contributed by atoms with Gasteiger partial charge in [-0.3, -0.25) is 9.80 Å². The highest BCUT2D eigenvalue weighted by Crippen LogP contribution is 2.11. The van der Waals surface area contributed by atoms with Crippen molar-refractivity contribution in [3.63, 3.8) is 0 Å². The van der Waals surface area contributed by atoms with Gasteiger partial charge in [0, 0.05) is 38.3 Å². The average molecular weight is 233 g/mol. The van der Waals surface area contributed by atoms with Crippen LogP contribution in [0.2, 0.25) is 0 Å². The smallest absolute Gasteiger partial charge is 0.127 e. The van der Waals surface area contributed by atoms with Crippen molar-refractivity contribution in [1.29, 1.82) is 5.26 Å². The summed E-state index contributed by atoms with van der Waals surface area (Å²) >= 11 is 0. The summed E-state index contributed by atoms with van der Waals surface area (Å²) in [4.78, 5) is 4.35. The van der Waals surface area contributed by atoms with E-state index in [1.807, 2.05) is 12.1 Å². The molecule has 0 aromatic heterocycles. The maximum atomic E-state index is 13.5. The lowest BCUT2D eigenvalue weighted by Crippen LogP contribution is -2.45. The zero-order valence-corrected chi connectivity index (χ0v) is 9.77. The van der Waals surface area contributed by atoms with E-state index in [2.05, 4.69) is 15.9 Å². The molecule has 90 valence electrons. The fourth-order valence-corrected chi connectivity index (χ4v) is 2.07. The molecule has 1 aromatic rings. The molecule has 1 aliphatic heterocycles. The van der Waals surface area contributed by atoms with Crippen LogP contribution in [-0.4, -0.2) is 42.5 Å². The molecule has 0 unspecified atom stereocenters. The van der Waals surface area contributed by atoms with E-state index in [1.54, 1.807) is 6.07 Å². The minimum Gasteiger partial charge on any atom is -0.296 e. The van der Waals surface area contributed by atoms with E-state index in [0.717, 1.165) is 31.7 Å². The highest BCUT2D eigenvalue weighted by atomic mass is 19.1. The summed E-state index contributed by atoms with van der Waals surface area (Å²) in [6.07, 6.45) is 0. The minimum atomic E-state index is -0.132. The summed E-state index contributed by atoms with van der Waals surface area (Å²) in [5.41, 5.74) is 0.751. The molecule has 1 aromatic carbocycles. The van der Waals surface area contributed by atoms with Crippen molar-refractivity contribution in [1.82, 2.24) is 9.80 Å². The molecular formula is C13H16FN3. The molecular weight excluding hydrogens is 217 g/mol. The number of piperazine rings is 1. The van der Waals surface area contributed by atoms with Gasteiger partial charge in [0.15, 0.2) is 0 Å². The average Bonchev–Trinajstić information content (AvgIpc) is 2.35. The van der Waals surface area contributed by atoms with Gasteiger partial charge in [-0.2, -0.15) is 5.26 Å². The monoisotopic (exact) mass is 233 g/mol. The van der Waals surface area contributed by atoms with Crippen molar-refractivity contribution in [3.8, 4) is 6.07 Å². The Morgan fingerprint density at radius 1 is 1.12 bits per heavy atom. The van der Waals surface area contributed by atoms with Crippen LogP contribution in [0, 0.1) is 17.1 Å². The molecule has 0 amide bonds. The van der Waals surface area contributed by atoms with Gasteiger partial charge in [-0.15, -0.1) is 0 Å². The molecule has 0 bridgehead atoms. The molecule has 1 saturated heterocycles. The van der Waals surface area contributed by atoms with E-state index < -0.39 is 0 Å². The van der Waals surface area contributed by atoms with Gasteiger partial charge in [-0.05, 0) is 6.07 Å². The number of benzene rings is 1. The van der Waals surface area contributed by atoms with Gasteiger partial charge in [0.05, 0.1) is 12.6 Å². The lowest BCUT2D eigenvalue weighted by molar-refractivity contribution is 0.137. The maximum absolute atomic E-state index is 13.5. The van der Waals surface area contributed by atoms with E-state index in [0.29, 0.717) is 13.1 Å². The number of nitrogens with zero attached hydrogens (tertiary/aromatic N) is 3. The van der Waals surface area contributed by atoms with E-state index in [-0.39, 0.29) is 5.82 Å². The van der Waals surface area contributed by atoms with Gasteiger partial charge in [0.2, 0.25) is 0 Å². The zero-order chi connectivity index (χ0) is 12.1. The first-order valence-corrected chi connectivity index (χ1v) is 5.84. The predicted octanol–water partition coefficient (Wildman–Crippen LogP) is 1.47. The Morgan fingerprint density at radius 3 is 2.41 bits per heavy atom. The van der Waals surface area contributed by atoms with Gasteiger partial charge < -0.3 is 0 Å². The van der Waals surface area contributed by atoms with E-state index in [1.165, 1.54) is 6.07 Å². The Kier molecular flexibility index (Phi) is 4.08. The summed E-state index contributed by atoms with van der Waals surface area (Å²) < 4.78 is 13.5. The first-order chi connectivity index (χ1) is 8.29. The van der Waals surface area contributed by atoms with Crippen LogP contribution in [0.1, 0.15) is 5.56 Å². The SMILES string of the molecule is N#CCN1CCN(Cc2ccccc2F)CC1.